The molecule has 280 valence electrons. The molecule has 0 aromatic heterocycles. The third kappa shape index (κ3) is 22.0. The van der Waals surface area contributed by atoms with Crippen LogP contribution in [0.1, 0.15) is 228 Å². The standard InChI is InChI=1S/C43H85NO3/c1-7-9-10-11-12-13-14-15-19-22-25-28-33-40(41(45)46)39(31-8-2)32-27-24-21-18-16-17-20-23-26-29-37-47-38-36-44-42(3,4)34-30-35-43(44,5)6/h39-40H,7-38H2,1-6H3,(H,45,46). The molecule has 0 spiro atoms. The van der Waals surface area contributed by atoms with E-state index in [4.69, 9.17) is 4.74 Å². The van der Waals surface area contributed by atoms with Gasteiger partial charge in [0, 0.05) is 24.2 Å². The lowest BCUT2D eigenvalue weighted by molar-refractivity contribution is -0.144. The minimum atomic E-state index is -0.538. The maximum atomic E-state index is 12.2. The van der Waals surface area contributed by atoms with Crippen molar-refractivity contribution in [3.63, 3.8) is 0 Å². The summed E-state index contributed by atoms with van der Waals surface area (Å²) in [5.41, 5.74) is 0.578. The van der Waals surface area contributed by atoms with Gasteiger partial charge in [0.15, 0.2) is 0 Å². The van der Waals surface area contributed by atoms with Crippen molar-refractivity contribution in [2.75, 3.05) is 19.8 Å². The van der Waals surface area contributed by atoms with Gasteiger partial charge in [0.25, 0.3) is 0 Å². The number of carbonyl (C=O) groups is 1. The highest BCUT2D eigenvalue weighted by Gasteiger charge is 2.40. The fraction of sp³-hybridized carbons (Fsp3) is 0.977. The Morgan fingerprint density at radius 3 is 1.45 bits per heavy atom. The van der Waals surface area contributed by atoms with E-state index in [-0.39, 0.29) is 17.0 Å². The van der Waals surface area contributed by atoms with E-state index in [0.29, 0.717) is 5.92 Å². The van der Waals surface area contributed by atoms with Gasteiger partial charge in [0.1, 0.15) is 0 Å². The normalized spacial score (nSPS) is 17.6. The molecule has 1 rings (SSSR count). The van der Waals surface area contributed by atoms with Crippen molar-refractivity contribution in [3.8, 4) is 0 Å². The van der Waals surface area contributed by atoms with Crippen molar-refractivity contribution >= 4 is 5.97 Å². The van der Waals surface area contributed by atoms with E-state index in [1.165, 1.54) is 154 Å². The smallest absolute Gasteiger partial charge is 0.306 e. The number of unbranched alkanes of at least 4 members (excludes halogenated alkanes) is 20. The van der Waals surface area contributed by atoms with Gasteiger partial charge in [-0.25, -0.2) is 0 Å². The van der Waals surface area contributed by atoms with E-state index in [1.807, 2.05) is 0 Å². The van der Waals surface area contributed by atoms with Crippen LogP contribution in [0.25, 0.3) is 0 Å². The van der Waals surface area contributed by atoms with Gasteiger partial charge in [-0.05, 0) is 78.6 Å². The summed E-state index contributed by atoms with van der Waals surface area (Å²) < 4.78 is 6.05. The van der Waals surface area contributed by atoms with Crippen LogP contribution in [-0.4, -0.2) is 46.8 Å². The van der Waals surface area contributed by atoms with Crippen molar-refractivity contribution in [2.45, 2.75) is 239 Å². The average Bonchev–Trinajstić information content (AvgIpc) is 3.01. The van der Waals surface area contributed by atoms with Gasteiger partial charge in [-0.3, -0.25) is 9.69 Å². The minimum absolute atomic E-state index is 0.127. The van der Waals surface area contributed by atoms with E-state index in [9.17, 15) is 9.90 Å². The molecule has 4 nitrogen and oxygen atoms in total. The largest absolute Gasteiger partial charge is 0.481 e. The molecule has 0 amide bonds. The Bertz CT molecular complexity index is 704. The number of hydrogen-bond acceptors (Lipinski definition) is 3. The van der Waals surface area contributed by atoms with E-state index in [0.717, 1.165) is 51.9 Å². The molecule has 1 aliphatic heterocycles. The molecule has 0 aromatic rings. The van der Waals surface area contributed by atoms with Crippen molar-refractivity contribution in [2.24, 2.45) is 11.8 Å². The van der Waals surface area contributed by atoms with Crippen LogP contribution >= 0.6 is 0 Å². The fourth-order valence-corrected chi connectivity index (χ4v) is 8.61. The zero-order valence-electron chi connectivity index (χ0n) is 33.0. The lowest BCUT2D eigenvalue weighted by Gasteiger charge is -2.53. The Labute approximate surface area is 295 Å². The van der Waals surface area contributed by atoms with Crippen LogP contribution in [0.2, 0.25) is 0 Å². The van der Waals surface area contributed by atoms with E-state index in [2.05, 4.69) is 46.4 Å². The van der Waals surface area contributed by atoms with Crippen LogP contribution in [0.3, 0.4) is 0 Å². The third-order valence-electron chi connectivity index (χ3n) is 11.5. The third-order valence-corrected chi connectivity index (χ3v) is 11.5. The van der Waals surface area contributed by atoms with Gasteiger partial charge in [-0.15, -0.1) is 0 Å². The molecule has 0 aliphatic carbocycles. The van der Waals surface area contributed by atoms with Crippen LogP contribution in [0.15, 0.2) is 0 Å². The van der Waals surface area contributed by atoms with Crippen molar-refractivity contribution in [1.29, 1.82) is 0 Å². The molecule has 0 radical (unpaired) electrons. The molecule has 1 heterocycles. The number of nitrogens with zero attached hydrogens (tertiary/aromatic N) is 1. The lowest BCUT2D eigenvalue weighted by atomic mass is 9.80. The molecule has 1 fully saturated rings. The number of ether oxygens (including phenoxy) is 1. The SMILES string of the molecule is CCCCCCCCCCCCCCC(C(=O)O)C(CCC)CCCCCCCCCCCCOCCN1C(C)(C)CCCC1(C)C. The molecule has 1 N–H and O–H groups in total. The second-order valence-corrected chi connectivity index (χ2v) is 16.7. The first-order valence-electron chi connectivity index (χ1n) is 21.2. The molecule has 0 bridgehead atoms. The molecule has 1 aliphatic rings. The van der Waals surface area contributed by atoms with E-state index in [1.54, 1.807) is 0 Å². The maximum absolute atomic E-state index is 12.2. The minimum Gasteiger partial charge on any atom is -0.481 e. The highest BCUT2D eigenvalue weighted by atomic mass is 16.5. The molecule has 2 unspecified atom stereocenters. The molecule has 4 heteroatoms. The van der Waals surface area contributed by atoms with Crippen LogP contribution in [-0.2, 0) is 9.53 Å². The average molecular weight is 664 g/mol. The zero-order chi connectivity index (χ0) is 34.6. The fourth-order valence-electron chi connectivity index (χ4n) is 8.61. The van der Waals surface area contributed by atoms with Gasteiger partial charge < -0.3 is 9.84 Å². The predicted molar refractivity (Wildman–Crippen MR) is 206 cm³/mol. The summed E-state index contributed by atoms with van der Waals surface area (Å²) in [6, 6.07) is 0. The van der Waals surface area contributed by atoms with Gasteiger partial charge in [-0.1, -0.05) is 155 Å². The first-order valence-corrected chi connectivity index (χ1v) is 21.2. The molecule has 47 heavy (non-hydrogen) atoms. The van der Waals surface area contributed by atoms with Gasteiger partial charge in [0.2, 0.25) is 0 Å². The monoisotopic (exact) mass is 664 g/mol. The maximum Gasteiger partial charge on any atom is 0.306 e. The van der Waals surface area contributed by atoms with Crippen molar-refractivity contribution < 1.29 is 14.6 Å². The van der Waals surface area contributed by atoms with Gasteiger partial charge in [-0.2, -0.15) is 0 Å². The number of likely N-dealkylation sites (tertiary alicyclic amines) is 1. The van der Waals surface area contributed by atoms with Crippen molar-refractivity contribution in [3.05, 3.63) is 0 Å². The summed E-state index contributed by atoms with van der Waals surface area (Å²) >= 11 is 0. The zero-order valence-corrected chi connectivity index (χ0v) is 33.0. The molecular weight excluding hydrogens is 578 g/mol. The summed E-state index contributed by atoms with van der Waals surface area (Å²) in [6.45, 7) is 16.9. The predicted octanol–water partition coefficient (Wildman–Crippen LogP) is 13.5. The van der Waals surface area contributed by atoms with Crippen LogP contribution in [0, 0.1) is 11.8 Å². The Hall–Kier alpha value is -0.610. The van der Waals surface area contributed by atoms with Crippen molar-refractivity contribution in [1.82, 2.24) is 4.90 Å². The lowest BCUT2D eigenvalue weighted by Crippen LogP contribution is -2.59. The summed E-state index contributed by atoms with van der Waals surface area (Å²) in [5, 5.41) is 10.0. The molecule has 2 atom stereocenters. The number of carboxylic acids is 1. The molecule has 1 saturated heterocycles. The highest BCUT2D eigenvalue weighted by Crippen LogP contribution is 2.37. The summed E-state index contributed by atoms with van der Waals surface area (Å²) in [6.07, 6.45) is 37.2. The number of piperidine rings is 1. The van der Waals surface area contributed by atoms with Gasteiger partial charge >= 0.3 is 5.97 Å². The van der Waals surface area contributed by atoms with Crippen LogP contribution in [0.4, 0.5) is 0 Å². The Kier molecular flexibility index (Phi) is 26.6. The molecular formula is C43H85NO3. The van der Waals surface area contributed by atoms with Crippen LogP contribution in [0.5, 0.6) is 0 Å². The Balaban J connectivity index is 2.02. The topological polar surface area (TPSA) is 49.8 Å². The molecule has 0 aromatic carbocycles. The second kappa shape index (κ2) is 28.1. The number of hydrogen-bond donors (Lipinski definition) is 1. The van der Waals surface area contributed by atoms with Gasteiger partial charge in [0.05, 0.1) is 12.5 Å². The summed E-state index contributed by atoms with van der Waals surface area (Å²) in [4.78, 5) is 14.9. The second-order valence-electron chi connectivity index (χ2n) is 16.7. The molecule has 0 saturated carbocycles. The Morgan fingerprint density at radius 2 is 1.00 bits per heavy atom. The Morgan fingerprint density at radius 1 is 0.574 bits per heavy atom. The van der Waals surface area contributed by atoms with E-state index < -0.39 is 5.97 Å². The highest BCUT2D eigenvalue weighted by molar-refractivity contribution is 5.70. The summed E-state index contributed by atoms with van der Waals surface area (Å²) in [7, 11) is 0. The van der Waals surface area contributed by atoms with Crippen LogP contribution < -0.4 is 0 Å². The van der Waals surface area contributed by atoms with E-state index >= 15 is 0 Å². The number of aliphatic carboxylic acids is 1. The quantitative estimate of drug-likeness (QED) is 0.0710. The number of carboxylic acid groups (broad SMARTS) is 1. The first kappa shape index (κ1) is 44.4. The summed E-state index contributed by atoms with van der Waals surface area (Å²) in [5.74, 6) is -0.293. The first-order chi connectivity index (χ1) is 22.7. The number of rotatable bonds is 33.